The monoisotopic (exact) mass is 695 g/mol. The van der Waals surface area contributed by atoms with E-state index in [1.807, 2.05) is 9.80 Å². The van der Waals surface area contributed by atoms with Crippen LogP contribution in [0.15, 0.2) is 12.4 Å². The van der Waals surface area contributed by atoms with Crippen molar-refractivity contribution in [3.05, 3.63) is 23.8 Å². The molecule has 3 saturated heterocycles. The van der Waals surface area contributed by atoms with E-state index in [0.717, 1.165) is 70.7 Å². The molecule has 4 fully saturated rings. The van der Waals surface area contributed by atoms with Gasteiger partial charge in [0.15, 0.2) is 11.6 Å². The second-order valence-electron chi connectivity index (χ2n) is 15.3. The number of carbonyl (C=O) groups excluding carboxylic acids is 2. The Morgan fingerprint density at radius 3 is 2.16 bits per heavy atom. The summed E-state index contributed by atoms with van der Waals surface area (Å²) < 4.78 is 33.1. The lowest BCUT2D eigenvalue weighted by Gasteiger charge is -2.42. The Labute approximate surface area is 294 Å². The van der Waals surface area contributed by atoms with Crippen molar-refractivity contribution in [2.75, 3.05) is 67.1 Å². The molecule has 50 heavy (non-hydrogen) atoms. The molecule has 4 aliphatic heterocycles. The van der Waals surface area contributed by atoms with Gasteiger partial charge in [-0.25, -0.2) is 13.5 Å². The number of anilines is 4. The smallest absolute Gasteiger partial charge is 0.263 e. The molecule has 1 atom stereocenters. The van der Waals surface area contributed by atoms with Crippen LogP contribution in [0.4, 0.5) is 31.8 Å². The maximum Gasteiger partial charge on any atom is 0.263 e. The summed E-state index contributed by atoms with van der Waals surface area (Å²) in [6.07, 6.45) is 17.1. The van der Waals surface area contributed by atoms with Crippen molar-refractivity contribution in [1.82, 2.24) is 24.6 Å². The number of aromatic nitrogens is 3. The molecule has 274 valence electrons. The third-order valence-corrected chi connectivity index (χ3v) is 12.3. The number of nitrogens with one attached hydrogen (secondary N) is 2. The Hall–Kier alpha value is -3.48. The Morgan fingerprint density at radius 2 is 1.50 bits per heavy atom. The maximum absolute atomic E-state index is 16.0. The molecule has 7 rings (SSSR count). The number of carbonyl (C=O) groups is 2. The predicted molar refractivity (Wildman–Crippen MR) is 192 cm³/mol. The van der Waals surface area contributed by atoms with E-state index in [9.17, 15) is 9.59 Å². The minimum Gasteiger partial charge on any atom is -0.381 e. The quantitative estimate of drug-likeness (QED) is 0.352. The number of alkyl halides is 1. The van der Waals surface area contributed by atoms with E-state index in [0.29, 0.717) is 50.6 Å². The molecule has 1 aliphatic carbocycles. The van der Waals surface area contributed by atoms with Crippen LogP contribution in [0.2, 0.25) is 0 Å². The molecule has 4 N–H and O–H groups in total. The SMILES string of the molecule is Nc1nn2c(c1C(=O)Nc1cncc(F)c1N1CCC(C(=O)N3CCC(N4CCCC4)CC3)CC1)NCC(F)C21CCCCCCCCCC1. The van der Waals surface area contributed by atoms with Crippen molar-refractivity contribution in [1.29, 1.82) is 0 Å². The van der Waals surface area contributed by atoms with Gasteiger partial charge in [0.2, 0.25) is 5.91 Å². The number of halogens is 2. The number of fused-ring (bicyclic) bond motifs is 2. The van der Waals surface area contributed by atoms with Crippen molar-refractivity contribution < 1.29 is 18.4 Å². The van der Waals surface area contributed by atoms with Crippen LogP contribution in [-0.2, 0) is 10.3 Å². The van der Waals surface area contributed by atoms with Gasteiger partial charge in [-0.3, -0.25) is 14.6 Å². The van der Waals surface area contributed by atoms with Gasteiger partial charge in [0.1, 0.15) is 23.2 Å². The van der Waals surface area contributed by atoms with Crippen LogP contribution in [-0.4, -0.2) is 94.4 Å². The number of likely N-dealkylation sites (tertiary alicyclic amines) is 2. The maximum atomic E-state index is 16.0. The van der Waals surface area contributed by atoms with Crippen LogP contribution in [0.3, 0.4) is 0 Å². The summed E-state index contributed by atoms with van der Waals surface area (Å²) in [5, 5.41) is 10.6. The van der Waals surface area contributed by atoms with Gasteiger partial charge in [-0.05, 0) is 64.5 Å². The van der Waals surface area contributed by atoms with Crippen molar-refractivity contribution in [3.63, 3.8) is 0 Å². The van der Waals surface area contributed by atoms with Crippen LogP contribution in [0.25, 0.3) is 0 Å². The number of hydrogen-bond donors (Lipinski definition) is 3. The van der Waals surface area contributed by atoms with Crippen molar-refractivity contribution >= 4 is 34.8 Å². The van der Waals surface area contributed by atoms with Gasteiger partial charge in [0.05, 0.1) is 23.6 Å². The summed E-state index contributed by atoms with van der Waals surface area (Å²) in [7, 11) is 0. The second-order valence-corrected chi connectivity index (χ2v) is 15.3. The summed E-state index contributed by atoms with van der Waals surface area (Å²) in [5.41, 5.74) is 6.18. The van der Waals surface area contributed by atoms with Crippen LogP contribution in [0, 0.1) is 11.7 Å². The van der Waals surface area contributed by atoms with Crippen LogP contribution in [0.5, 0.6) is 0 Å². The number of amides is 2. The topological polar surface area (TPSA) is 125 Å². The first-order valence-electron chi connectivity index (χ1n) is 19.4. The van der Waals surface area contributed by atoms with E-state index in [1.165, 1.54) is 45.0 Å². The Bertz CT molecular complexity index is 1480. The molecule has 1 spiro atoms. The second kappa shape index (κ2) is 15.4. The van der Waals surface area contributed by atoms with E-state index in [2.05, 4.69) is 25.6 Å². The number of piperidine rings is 2. The van der Waals surface area contributed by atoms with Crippen molar-refractivity contribution in [3.8, 4) is 0 Å². The number of pyridine rings is 1. The lowest BCUT2D eigenvalue weighted by atomic mass is 9.81. The zero-order valence-corrected chi connectivity index (χ0v) is 29.5. The average molecular weight is 696 g/mol. The molecular formula is C37H55F2N9O2. The fourth-order valence-electron chi connectivity index (χ4n) is 9.42. The molecule has 2 aromatic heterocycles. The molecule has 2 amide bonds. The molecule has 6 heterocycles. The lowest BCUT2D eigenvalue weighted by molar-refractivity contribution is -0.137. The third-order valence-electron chi connectivity index (χ3n) is 12.3. The standard InChI is InChI=1S/C37H55F2N9O2/c38-28-23-41-24-29(32(28)46-19-11-26(12-20-46)36(50)47-21-13-27(14-22-47)45-17-9-10-18-45)43-35(49)31-33(40)44-48-34(31)42-25-30(39)37(48)15-7-5-3-1-2-4-6-8-16-37/h23-24,26-27,30,42H,1-22,25H2,(H2,40,44)(H,43,49). The first-order chi connectivity index (χ1) is 24.4. The predicted octanol–water partition coefficient (Wildman–Crippen LogP) is 5.93. The Kier molecular flexibility index (Phi) is 10.8. The normalized spacial score (nSPS) is 24.4. The largest absolute Gasteiger partial charge is 0.381 e. The van der Waals surface area contributed by atoms with E-state index in [-0.39, 0.29) is 41.1 Å². The highest BCUT2D eigenvalue weighted by molar-refractivity contribution is 6.12. The van der Waals surface area contributed by atoms with Gasteiger partial charge < -0.3 is 31.1 Å². The van der Waals surface area contributed by atoms with Crippen LogP contribution < -0.4 is 21.3 Å². The summed E-state index contributed by atoms with van der Waals surface area (Å²) in [4.78, 5) is 38.0. The molecular weight excluding hydrogens is 640 g/mol. The number of nitrogens with zero attached hydrogens (tertiary/aromatic N) is 6. The molecule has 5 aliphatic rings. The highest BCUT2D eigenvalue weighted by Crippen LogP contribution is 2.44. The number of nitrogen functional groups attached to an aromatic ring is 1. The molecule has 2 aromatic rings. The lowest BCUT2D eigenvalue weighted by Crippen LogP contribution is -2.51. The van der Waals surface area contributed by atoms with Gasteiger partial charge in [0, 0.05) is 44.7 Å². The Balaban J connectivity index is 1.03. The van der Waals surface area contributed by atoms with Crippen LogP contribution in [0.1, 0.15) is 113 Å². The third kappa shape index (κ3) is 7.03. The average Bonchev–Trinajstić information content (AvgIpc) is 3.78. The van der Waals surface area contributed by atoms with Gasteiger partial charge in [0.25, 0.3) is 5.91 Å². The molecule has 13 heteroatoms. The fourth-order valence-corrected chi connectivity index (χ4v) is 9.42. The molecule has 0 radical (unpaired) electrons. The van der Waals surface area contributed by atoms with Gasteiger partial charge >= 0.3 is 0 Å². The molecule has 0 bridgehead atoms. The Morgan fingerprint density at radius 1 is 0.860 bits per heavy atom. The zero-order chi connectivity index (χ0) is 34.7. The zero-order valence-electron chi connectivity index (χ0n) is 29.5. The van der Waals surface area contributed by atoms with Crippen molar-refractivity contribution in [2.24, 2.45) is 5.92 Å². The van der Waals surface area contributed by atoms with Gasteiger partial charge in [-0.1, -0.05) is 51.4 Å². The molecule has 1 unspecified atom stereocenters. The van der Waals surface area contributed by atoms with Gasteiger partial charge in [-0.15, -0.1) is 0 Å². The minimum absolute atomic E-state index is 0.0162. The first-order valence-corrected chi connectivity index (χ1v) is 19.4. The highest BCUT2D eigenvalue weighted by Gasteiger charge is 2.47. The molecule has 0 aromatic carbocycles. The summed E-state index contributed by atoms with van der Waals surface area (Å²) in [5.74, 6) is -0.546. The summed E-state index contributed by atoms with van der Waals surface area (Å²) in [6.45, 7) is 5.01. The number of hydrogen-bond acceptors (Lipinski definition) is 8. The van der Waals surface area contributed by atoms with E-state index < -0.39 is 23.4 Å². The van der Waals surface area contributed by atoms with Gasteiger partial charge in [-0.2, -0.15) is 5.10 Å². The number of rotatable bonds is 5. The van der Waals surface area contributed by atoms with Crippen molar-refractivity contribution in [2.45, 2.75) is 120 Å². The molecule has 11 nitrogen and oxygen atoms in total. The summed E-state index contributed by atoms with van der Waals surface area (Å²) in [6, 6.07) is 0.591. The molecule has 1 saturated carbocycles. The summed E-state index contributed by atoms with van der Waals surface area (Å²) >= 11 is 0. The highest BCUT2D eigenvalue weighted by atomic mass is 19.1. The minimum atomic E-state index is -1.17. The van der Waals surface area contributed by atoms with E-state index in [1.54, 1.807) is 4.68 Å². The fraction of sp³-hybridized carbons (Fsp3) is 0.730. The first kappa shape index (κ1) is 34.9. The van der Waals surface area contributed by atoms with E-state index >= 15 is 8.78 Å². The van der Waals surface area contributed by atoms with E-state index in [4.69, 9.17) is 5.73 Å². The number of nitrogens with two attached hydrogens (primary N) is 1. The van der Waals surface area contributed by atoms with Crippen LogP contribution >= 0.6 is 0 Å².